The molecule has 17 heavy (non-hydrogen) atoms. The number of nitro groups is 1. The van der Waals surface area contributed by atoms with Gasteiger partial charge >= 0.3 is 5.97 Å². The van der Waals surface area contributed by atoms with Gasteiger partial charge in [0.2, 0.25) is 0 Å². The van der Waals surface area contributed by atoms with Gasteiger partial charge in [0.25, 0.3) is 5.69 Å². The van der Waals surface area contributed by atoms with Crippen molar-refractivity contribution in [3.8, 4) is 6.07 Å². The number of nitro benzene ring substituents is 1. The smallest absolute Gasteiger partial charge is 0.339 e. The second-order valence-electron chi connectivity index (χ2n) is 2.94. The van der Waals surface area contributed by atoms with Crippen molar-refractivity contribution < 1.29 is 14.5 Å². The SMILES string of the molecule is CCOC(=O)c1cc(Cl)cc([N+](=O)[O-])c1C#N. The van der Waals surface area contributed by atoms with Gasteiger partial charge < -0.3 is 4.74 Å². The highest BCUT2D eigenvalue weighted by Gasteiger charge is 2.23. The van der Waals surface area contributed by atoms with Crippen molar-refractivity contribution in [2.45, 2.75) is 6.92 Å². The summed E-state index contributed by atoms with van der Waals surface area (Å²) in [7, 11) is 0. The molecular weight excluding hydrogens is 248 g/mol. The number of nitriles is 1. The van der Waals surface area contributed by atoms with Crippen LogP contribution < -0.4 is 0 Å². The number of benzene rings is 1. The van der Waals surface area contributed by atoms with Crippen molar-refractivity contribution in [1.82, 2.24) is 0 Å². The Balaban J connectivity index is 3.45. The van der Waals surface area contributed by atoms with Crippen LogP contribution in [0.5, 0.6) is 0 Å². The molecule has 0 saturated carbocycles. The Morgan fingerprint density at radius 1 is 1.65 bits per heavy atom. The fraction of sp³-hybridized carbons (Fsp3) is 0.200. The van der Waals surface area contributed by atoms with Crippen molar-refractivity contribution in [3.63, 3.8) is 0 Å². The number of rotatable bonds is 3. The summed E-state index contributed by atoms with van der Waals surface area (Å²) in [5, 5.41) is 19.6. The molecule has 7 heteroatoms. The van der Waals surface area contributed by atoms with Crippen molar-refractivity contribution >= 4 is 23.3 Å². The number of halogens is 1. The van der Waals surface area contributed by atoms with Gasteiger partial charge in [-0.15, -0.1) is 0 Å². The molecule has 6 nitrogen and oxygen atoms in total. The fourth-order valence-electron chi connectivity index (χ4n) is 1.22. The van der Waals surface area contributed by atoms with Crippen LogP contribution in [0.25, 0.3) is 0 Å². The number of ether oxygens (including phenoxy) is 1. The maximum Gasteiger partial charge on any atom is 0.339 e. The Labute approximate surface area is 102 Å². The van der Waals surface area contributed by atoms with Crippen LogP contribution in [-0.4, -0.2) is 17.5 Å². The summed E-state index contributed by atoms with van der Waals surface area (Å²) in [6.07, 6.45) is 0. The molecule has 0 radical (unpaired) electrons. The lowest BCUT2D eigenvalue weighted by Crippen LogP contribution is -2.08. The molecule has 1 aromatic rings. The minimum absolute atomic E-state index is 0.00115. The lowest BCUT2D eigenvalue weighted by atomic mass is 10.1. The van der Waals surface area contributed by atoms with E-state index in [-0.39, 0.29) is 22.8 Å². The van der Waals surface area contributed by atoms with E-state index in [4.69, 9.17) is 16.9 Å². The maximum atomic E-state index is 11.5. The van der Waals surface area contributed by atoms with Crippen molar-refractivity contribution in [3.05, 3.63) is 38.4 Å². The van der Waals surface area contributed by atoms with Crippen LogP contribution in [0, 0.1) is 21.4 Å². The molecule has 0 aromatic heterocycles. The number of hydrogen-bond acceptors (Lipinski definition) is 5. The number of nitrogens with zero attached hydrogens (tertiary/aromatic N) is 2. The van der Waals surface area contributed by atoms with E-state index < -0.39 is 16.6 Å². The second-order valence-corrected chi connectivity index (χ2v) is 3.37. The van der Waals surface area contributed by atoms with Crippen molar-refractivity contribution in [2.24, 2.45) is 0 Å². The molecule has 0 atom stereocenters. The molecule has 0 bridgehead atoms. The molecule has 0 aliphatic carbocycles. The molecule has 0 heterocycles. The standard InChI is InChI=1S/C10H7ClN2O4/c1-2-17-10(14)7-3-6(11)4-9(13(15)16)8(7)5-12/h3-4H,2H2,1H3. The molecule has 0 fully saturated rings. The highest BCUT2D eigenvalue weighted by molar-refractivity contribution is 6.31. The third-order valence-electron chi connectivity index (χ3n) is 1.89. The Morgan fingerprint density at radius 2 is 2.29 bits per heavy atom. The Morgan fingerprint density at radius 3 is 2.76 bits per heavy atom. The zero-order chi connectivity index (χ0) is 13.0. The van der Waals surface area contributed by atoms with Gasteiger partial charge in [0.05, 0.1) is 17.1 Å². The van der Waals surface area contributed by atoms with Gasteiger partial charge in [-0.05, 0) is 13.0 Å². The second kappa shape index (κ2) is 5.27. The summed E-state index contributed by atoms with van der Waals surface area (Å²) >= 11 is 5.65. The molecule has 0 aliphatic heterocycles. The van der Waals surface area contributed by atoms with E-state index in [9.17, 15) is 14.9 Å². The van der Waals surface area contributed by atoms with Crippen LogP contribution in [0.15, 0.2) is 12.1 Å². The van der Waals surface area contributed by atoms with Gasteiger partial charge in [0.15, 0.2) is 0 Å². The molecule has 0 aliphatic rings. The summed E-state index contributed by atoms with van der Waals surface area (Å²) < 4.78 is 4.69. The Bertz CT molecular complexity index is 522. The summed E-state index contributed by atoms with van der Waals surface area (Å²) in [6.45, 7) is 1.69. The van der Waals surface area contributed by atoms with Gasteiger partial charge in [0.1, 0.15) is 11.6 Å². The van der Waals surface area contributed by atoms with E-state index in [1.54, 1.807) is 13.0 Å². The number of esters is 1. The number of carbonyl (C=O) groups excluding carboxylic acids is 1. The zero-order valence-electron chi connectivity index (χ0n) is 8.77. The summed E-state index contributed by atoms with van der Waals surface area (Å²) in [5.41, 5.74) is -1.06. The quantitative estimate of drug-likeness (QED) is 0.469. The average Bonchev–Trinajstić information content (AvgIpc) is 2.28. The molecule has 0 unspecified atom stereocenters. The highest BCUT2D eigenvalue weighted by atomic mass is 35.5. The Kier molecular flexibility index (Phi) is 4.01. The maximum absolute atomic E-state index is 11.5. The first-order valence-corrected chi connectivity index (χ1v) is 4.94. The zero-order valence-corrected chi connectivity index (χ0v) is 9.52. The molecular formula is C10H7ClN2O4. The van der Waals surface area contributed by atoms with E-state index in [1.165, 1.54) is 6.07 Å². The highest BCUT2D eigenvalue weighted by Crippen LogP contribution is 2.27. The minimum Gasteiger partial charge on any atom is -0.462 e. The first-order chi connectivity index (χ1) is 8.01. The predicted molar refractivity (Wildman–Crippen MR) is 58.8 cm³/mol. The molecule has 0 saturated heterocycles. The van der Waals surface area contributed by atoms with Gasteiger partial charge in [-0.2, -0.15) is 5.26 Å². The minimum atomic E-state index is -0.811. The van der Waals surface area contributed by atoms with Crippen LogP contribution in [-0.2, 0) is 4.74 Å². The summed E-state index contributed by atoms with van der Waals surface area (Å²) in [4.78, 5) is 21.4. The van der Waals surface area contributed by atoms with Gasteiger partial charge in [0, 0.05) is 11.1 Å². The van der Waals surface area contributed by atoms with Crippen LogP contribution >= 0.6 is 11.6 Å². The van der Waals surface area contributed by atoms with E-state index in [2.05, 4.69) is 4.74 Å². The molecule has 1 aromatic carbocycles. The van der Waals surface area contributed by atoms with Crippen LogP contribution in [0.3, 0.4) is 0 Å². The first-order valence-electron chi connectivity index (χ1n) is 4.56. The van der Waals surface area contributed by atoms with E-state index in [1.807, 2.05) is 0 Å². The van der Waals surface area contributed by atoms with E-state index in [0.717, 1.165) is 6.07 Å². The molecule has 1 rings (SSSR count). The van der Waals surface area contributed by atoms with Crippen molar-refractivity contribution in [2.75, 3.05) is 6.61 Å². The Hall–Kier alpha value is -2.13. The van der Waals surface area contributed by atoms with Gasteiger partial charge in [-0.25, -0.2) is 4.79 Å². The third-order valence-corrected chi connectivity index (χ3v) is 2.10. The van der Waals surface area contributed by atoms with Crippen LogP contribution in [0.4, 0.5) is 5.69 Å². The average molecular weight is 255 g/mol. The largest absolute Gasteiger partial charge is 0.462 e. The molecule has 0 N–H and O–H groups in total. The fourth-order valence-corrected chi connectivity index (χ4v) is 1.44. The van der Waals surface area contributed by atoms with Gasteiger partial charge in [-0.1, -0.05) is 11.6 Å². The summed E-state index contributed by atoms with van der Waals surface area (Å²) in [6, 6.07) is 3.80. The topological polar surface area (TPSA) is 93.2 Å². The van der Waals surface area contributed by atoms with E-state index in [0.29, 0.717) is 0 Å². The van der Waals surface area contributed by atoms with E-state index >= 15 is 0 Å². The number of carbonyl (C=O) groups is 1. The predicted octanol–water partition coefficient (Wildman–Crippen LogP) is 2.30. The van der Waals surface area contributed by atoms with Gasteiger partial charge in [-0.3, -0.25) is 10.1 Å². The lowest BCUT2D eigenvalue weighted by Gasteiger charge is -2.04. The van der Waals surface area contributed by atoms with Crippen LogP contribution in [0.1, 0.15) is 22.8 Å². The summed E-state index contributed by atoms with van der Waals surface area (Å²) in [5.74, 6) is -0.811. The normalized spacial score (nSPS) is 9.47. The third kappa shape index (κ3) is 2.71. The first kappa shape index (κ1) is 12.9. The number of hydrogen-bond donors (Lipinski definition) is 0. The van der Waals surface area contributed by atoms with Crippen molar-refractivity contribution in [1.29, 1.82) is 5.26 Å². The molecule has 0 spiro atoms. The van der Waals surface area contributed by atoms with Crippen LogP contribution in [0.2, 0.25) is 5.02 Å². The lowest BCUT2D eigenvalue weighted by molar-refractivity contribution is -0.385. The molecule has 0 amide bonds. The molecule has 88 valence electrons. The monoisotopic (exact) mass is 254 g/mol.